The van der Waals surface area contributed by atoms with Crippen LogP contribution in [0.15, 0.2) is 78.2 Å². The molecule has 5 rings (SSSR count). The molecule has 0 unspecified atom stereocenters. The fourth-order valence-electron chi connectivity index (χ4n) is 4.53. The van der Waals surface area contributed by atoms with Crippen LogP contribution in [0.25, 0.3) is 16.9 Å². The number of amidine groups is 1. The normalized spacial score (nSPS) is 14.6. The zero-order valence-corrected chi connectivity index (χ0v) is 25.1. The van der Waals surface area contributed by atoms with Crippen molar-refractivity contribution in [1.82, 2.24) is 9.55 Å². The van der Waals surface area contributed by atoms with Gasteiger partial charge in [-0.05, 0) is 67.1 Å². The number of urea groups is 1. The molecule has 0 saturated carbocycles. The Hall–Kier alpha value is -4.99. The summed E-state index contributed by atoms with van der Waals surface area (Å²) in [5, 5.41) is 2.41. The summed E-state index contributed by atoms with van der Waals surface area (Å²) in [5.74, 6) is -1.20. The van der Waals surface area contributed by atoms with E-state index >= 15 is 0 Å². The number of ether oxygens (including phenoxy) is 1. The number of imidazole rings is 1. The smallest absolute Gasteiger partial charge is 0.406 e. The number of halogens is 6. The second-order valence-corrected chi connectivity index (χ2v) is 11.1. The second-order valence-electron chi connectivity index (χ2n) is 10.2. The Morgan fingerprint density at radius 1 is 1.02 bits per heavy atom. The molecule has 1 aliphatic heterocycles. The number of hydrogen-bond acceptors (Lipinski definition) is 6. The van der Waals surface area contributed by atoms with Crippen LogP contribution in [-0.4, -0.2) is 52.9 Å². The number of amides is 3. The number of carbonyl (C=O) groups is 2. The molecular formula is C30H24F6N6O3S. The first-order valence-corrected chi connectivity index (χ1v) is 14.3. The highest BCUT2D eigenvalue weighted by atomic mass is 32.2. The molecule has 16 heteroatoms. The van der Waals surface area contributed by atoms with Crippen LogP contribution in [0.1, 0.15) is 11.1 Å². The fraction of sp³-hybridized carbons (Fsp3) is 0.200. The van der Waals surface area contributed by atoms with Crippen LogP contribution in [0, 0.1) is 6.92 Å². The number of aliphatic imine (C=N–C) groups is 1. The number of alkyl halides is 6. The van der Waals surface area contributed by atoms with E-state index in [0.717, 1.165) is 22.7 Å². The van der Waals surface area contributed by atoms with E-state index in [-0.39, 0.29) is 16.7 Å². The van der Waals surface area contributed by atoms with Crippen LogP contribution in [-0.2, 0) is 11.0 Å². The second kappa shape index (κ2) is 12.4. The first-order valence-electron chi connectivity index (χ1n) is 13.3. The van der Waals surface area contributed by atoms with Crippen LogP contribution >= 0.6 is 11.8 Å². The molecule has 240 valence electrons. The highest BCUT2D eigenvalue weighted by Gasteiger charge is 2.40. The van der Waals surface area contributed by atoms with E-state index in [4.69, 9.17) is 0 Å². The minimum absolute atomic E-state index is 0.193. The quantitative estimate of drug-likeness (QED) is 0.215. The van der Waals surface area contributed by atoms with Gasteiger partial charge in [0.15, 0.2) is 5.17 Å². The highest BCUT2D eigenvalue weighted by Crippen LogP contribution is 2.41. The van der Waals surface area contributed by atoms with Gasteiger partial charge in [0.25, 0.3) is 0 Å². The summed E-state index contributed by atoms with van der Waals surface area (Å²) in [6.45, 7) is 1.71. The van der Waals surface area contributed by atoms with Crippen molar-refractivity contribution in [3.63, 3.8) is 0 Å². The lowest BCUT2D eigenvalue weighted by molar-refractivity contribution is -0.274. The molecule has 1 aliphatic rings. The van der Waals surface area contributed by atoms with E-state index in [2.05, 4.69) is 20.0 Å². The lowest BCUT2D eigenvalue weighted by atomic mass is 10.1. The van der Waals surface area contributed by atoms with Gasteiger partial charge in [-0.1, -0.05) is 17.8 Å². The first-order chi connectivity index (χ1) is 21.6. The molecule has 0 atom stereocenters. The largest absolute Gasteiger partial charge is 0.573 e. The predicted molar refractivity (Wildman–Crippen MR) is 163 cm³/mol. The van der Waals surface area contributed by atoms with Crippen molar-refractivity contribution < 1.29 is 40.7 Å². The van der Waals surface area contributed by atoms with Gasteiger partial charge in [-0.25, -0.2) is 9.78 Å². The van der Waals surface area contributed by atoms with Crippen molar-refractivity contribution in [2.45, 2.75) is 19.5 Å². The number of aryl methyl sites for hydroxylation is 1. The van der Waals surface area contributed by atoms with Crippen LogP contribution in [0.5, 0.6) is 5.75 Å². The fourth-order valence-corrected chi connectivity index (χ4v) is 5.39. The van der Waals surface area contributed by atoms with Gasteiger partial charge in [0.1, 0.15) is 5.75 Å². The molecular weight excluding hydrogens is 638 g/mol. The molecule has 3 aromatic carbocycles. The monoisotopic (exact) mass is 662 g/mol. The SMILES string of the molecule is Cc1cc(-c2cn(-c3ccc(OC(F)(F)F)cc3)cn2)ccc1NC(=O)N=C1SCC(=O)N1c1cc(N(C)C)ccc1C(F)(F)F. The van der Waals surface area contributed by atoms with Crippen LogP contribution < -0.4 is 19.9 Å². The van der Waals surface area contributed by atoms with E-state index in [9.17, 15) is 35.9 Å². The average molecular weight is 663 g/mol. The number of nitrogens with one attached hydrogen (secondary N) is 1. The van der Waals surface area contributed by atoms with E-state index in [1.807, 2.05) is 0 Å². The third-order valence-corrected chi connectivity index (χ3v) is 7.64. The first kappa shape index (κ1) is 32.4. The zero-order chi connectivity index (χ0) is 33.4. The molecule has 0 bridgehead atoms. The molecule has 46 heavy (non-hydrogen) atoms. The summed E-state index contributed by atoms with van der Waals surface area (Å²) in [7, 11) is 3.29. The minimum atomic E-state index is -4.80. The number of anilines is 3. The third-order valence-electron chi connectivity index (χ3n) is 6.72. The summed E-state index contributed by atoms with van der Waals surface area (Å²) in [6, 6.07) is 12.8. The van der Waals surface area contributed by atoms with Gasteiger partial charge in [0.05, 0.1) is 29.0 Å². The number of nitrogens with zero attached hydrogens (tertiary/aromatic N) is 5. The number of benzene rings is 3. The van der Waals surface area contributed by atoms with Crippen molar-refractivity contribution in [1.29, 1.82) is 0 Å². The lowest BCUT2D eigenvalue weighted by Gasteiger charge is -2.23. The van der Waals surface area contributed by atoms with Gasteiger partial charge < -0.3 is 19.5 Å². The Morgan fingerprint density at radius 2 is 1.74 bits per heavy atom. The highest BCUT2D eigenvalue weighted by molar-refractivity contribution is 8.15. The van der Waals surface area contributed by atoms with E-state index in [1.54, 1.807) is 54.9 Å². The van der Waals surface area contributed by atoms with Crippen molar-refractivity contribution in [3.8, 4) is 22.7 Å². The molecule has 1 saturated heterocycles. The van der Waals surface area contributed by atoms with Crippen molar-refractivity contribution in [2.75, 3.05) is 35.0 Å². The molecule has 0 aliphatic carbocycles. The molecule has 0 radical (unpaired) electrons. The number of thioether (sulfide) groups is 1. The minimum Gasteiger partial charge on any atom is -0.406 e. The third kappa shape index (κ3) is 7.28. The van der Waals surface area contributed by atoms with Gasteiger partial charge in [0.2, 0.25) is 5.91 Å². The summed E-state index contributed by atoms with van der Waals surface area (Å²) >= 11 is 0.850. The average Bonchev–Trinajstić information content (AvgIpc) is 3.60. The Labute approximate surface area is 262 Å². The lowest BCUT2D eigenvalue weighted by Crippen LogP contribution is -2.32. The Morgan fingerprint density at radius 3 is 2.37 bits per heavy atom. The molecule has 3 amide bonds. The Balaban J connectivity index is 1.33. The maximum Gasteiger partial charge on any atom is 0.573 e. The molecule has 1 fully saturated rings. The number of aromatic nitrogens is 2. The van der Waals surface area contributed by atoms with E-state index in [0.29, 0.717) is 33.9 Å². The molecule has 4 aromatic rings. The van der Waals surface area contributed by atoms with Crippen molar-refractivity contribution in [3.05, 3.63) is 84.3 Å². The number of hydrogen-bond donors (Lipinski definition) is 1. The number of carbonyl (C=O) groups excluding carboxylic acids is 2. The molecule has 1 N–H and O–H groups in total. The standard InChI is InChI=1S/C30H24F6N6O3S/c1-17-12-18(24-14-41(16-37-24)19-5-8-21(9-6-19)45-30(34,35)36)4-11-23(17)38-27(44)39-28-42(26(43)15-46-28)25-13-20(40(2)3)7-10-22(25)29(31,32)33/h4-14,16H,15H2,1-3H3,(H,38,44). The summed E-state index contributed by atoms with van der Waals surface area (Å²) in [6.07, 6.45) is -6.40. The number of rotatable bonds is 6. The van der Waals surface area contributed by atoms with Crippen LogP contribution in [0.4, 0.5) is 48.2 Å². The van der Waals surface area contributed by atoms with Gasteiger partial charge >= 0.3 is 18.6 Å². The van der Waals surface area contributed by atoms with Crippen molar-refractivity contribution in [2.24, 2.45) is 4.99 Å². The predicted octanol–water partition coefficient (Wildman–Crippen LogP) is 7.50. The zero-order valence-electron chi connectivity index (χ0n) is 24.3. The summed E-state index contributed by atoms with van der Waals surface area (Å²) in [4.78, 5) is 36.3. The van der Waals surface area contributed by atoms with Gasteiger partial charge in [0, 0.05) is 42.9 Å². The van der Waals surface area contributed by atoms with Crippen molar-refractivity contribution >= 4 is 45.9 Å². The summed E-state index contributed by atoms with van der Waals surface area (Å²) in [5.41, 5.74) is 1.68. The molecule has 9 nitrogen and oxygen atoms in total. The van der Waals surface area contributed by atoms with Crippen LogP contribution in [0.3, 0.4) is 0 Å². The molecule has 1 aromatic heterocycles. The van der Waals surface area contributed by atoms with E-state index in [1.165, 1.54) is 42.7 Å². The Bertz CT molecular complexity index is 1820. The molecule has 0 spiro atoms. The molecule has 2 heterocycles. The van der Waals surface area contributed by atoms with E-state index < -0.39 is 35.7 Å². The summed E-state index contributed by atoms with van der Waals surface area (Å²) < 4.78 is 84.4. The van der Waals surface area contributed by atoms with Gasteiger partial charge in [-0.15, -0.1) is 13.2 Å². The topological polar surface area (TPSA) is 92.1 Å². The maximum atomic E-state index is 13.9. The van der Waals surface area contributed by atoms with Gasteiger partial charge in [-0.2, -0.15) is 18.2 Å². The maximum absolute atomic E-state index is 13.9. The van der Waals surface area contributed by atoms with Gasteiger partial charge in [-0.3, -0.25) is 9.69 Å². The Kier molecular flexibility index (Phi) is 8.75. The van der Waals surface area contributed by atoms with Crippen LogP contribution in [0.2, 0.25) is 0 Å².